The van der Waals surface area contributed by atoms with Crippen LogP contribution in [-0.4, -0.2) is 12.1 Å². The summed E-state index contributed by atoms with van der Waals surface area (Å²) in [7, 11) is 1.63. The average molecular weight is 263 g/mol. The fourth-order valence-electron chi connectivity index (χ4n) is 2.91. The van der Waals surface area contributed by atoms with Crippen molar-refractivity contribution < 1.29 is 4.74 Å². The molecule has 1 aliphatic rings. The Bertz CT molecular complexity index is 935. The van der Waals surface area contributed by atoms with Crippen LogP contribution in [0.5, 0.6) is 0 Å². The summed E-state index contributed by atoms with van der Waals surface area (Å²) in [6, 6.07) is 12.1. The number of hydrogen-bond acceptors (Lipinski definition) is 2. The van der Waals surface area contributed by atoms with E-state index >= 15 is 0 Å². The van der Waals surface area contributed by atoms with Gasteiger partial charge in [0.05, 0.1) is 18.3 Å². The van der Waals surface area contributed by atoms with Crippen molar-refractivity contribution in [2.24, 2.45) is 0 Å². The third-order valence-corrected chi connectivity index (χ3v) is 3.92. The Kier molecular flexibility index (Phi) is 2.24. The van der Waals surface area contributed by atoms with Gasteiger partial charge < -0.3 is 9.72 Å². The number of aromatic amines is 1. The molecule has 4 rings (SSSR count). The van der Waals surface area contributed by atoms with Crippen LogP contribution in [0.4, 0.5) is 0 Å². The first-order valence-corrected chi connectivity index (χ1v) is 6.60. The molecule has 1 aromatic heterocycles. The number of pyridine rings is 1. The average Bonchev–Trinajstić information content (AvgIpc) is 2.89. The van der Waals surface area contributed by atoms with Crippen LogP contribution in [0.3, 0.4) is 0 Å². The van der Waals surface area contributed by atoms with Crippen molar-refractivity contribution >= 4 is 27.4 Å². The minimum atomic E-state index is 0.0998. The van der Waals surface area contributed by atoms with Crippen LogP contribution >= 0.6 is 0 Å². The van der Waals surface area contributed by atoms with Crippen LogP contribution in [0.25, 0.3) is 27.4 Å². The van der Waals surface area contributed by atoms with Crippen LogP contribution < -0.4 is 5.43 Å². The molecule has 1 heterocycles. The molecule has 1 aliphatic carbocycles. The van der Waals surface area contributed by atoms with E-state index in [9.17, 15) is 4.79 Å². The summed E-state index contributed by atoms with van der Waals surface area (Å²) < 4.78 is 5.32. The molecule has 0 aliphatic heterocycles. The van der Waals surface area contributed by atoms with Gasteiger partial charge in [-0.05, 0) is 29.0 Å². The smallest absolute Gasteiger partial charge is 0.193 e. The summed E-state index contributed by atoms with van der Waals surface area (Å²) in [5.41, 5.74) is 2.57. The molecular weight excluding hydrogens is 250 g/mol. The summed E-state index contributed by atoms with van der Waals surface area (Å²) in [6.07, 6.45) is 2.58. The first-order chi connectivity index (χ1) is 9.78. The molecule has 0 atom stereocenters. The summed E-state index contributed by atoms with van der Waals surface area (Å²) in [6.45, 7) is 0. The highest BCUT2D eigenvalue weighted by atomic mass is 16.5. The lowest BCUT2D eigenvalue weighted by Crippen LogP contribution is -2.11. The zero-order valence-electron chi connectivity index (χ0n) is 11.1. The van der Waals surface area contributed by atoms with Gasteiger partial charge in [0.1, 0.15) is 5.76 Å². The number of aromatic nitrogens is 1. The zero-order chi connectivity index (χ0) is 13.7. The van der Waals surface area contributed by atoms with Crippen LogP contribution in [0.2, 0.25) is 0 Å². The minimum absolute atomic E-state index is 0.0998. The Labute approximate surface area is 115 Å². The number of rotatable bonds is 1. The lowest BCUT2D eigenvalue weighted by atomic mass is 10.0. The van der Waals surface area contributed by atoms with Gasteiger partial charge >= 0.3 is 0 Å². The number of fused-ring (bicyclic) bond motifs is 3. The predicted molar refractivity (Wildman–Crippen MR) is 80.8 cm³/mol. The lowest BCUT2D eigenvalue weighted by molar-refractivity contribution is 0.369. The molecular formula is C17H13NO2. The Morgan fingerprint density at radius 1 is 1.15 bits per heavy atom. The lowest BCUT2D eigenvalue weighted by Gasteiger charge is -2.08. The van der Waals surface area contributed by atoms with Crippen LogP contribution in [0.15, 0.2) is 47.3 Å². The summed E-state index contributed by atoms with van der Waals surface area (Å²) in [5, 5.41) is 2.95. The highest BCUT2D eigenvalue weighted by Gasteiger charge is 2.20. The van der Waals surface area contributed by atoms with Crippen LogP contribution in [0.1, 0.15) is 11.3 Å². The quantitative estimate of drug-likeness (QED) is 0.685. The van der Waals surface area contributed by atoms with Crippen molar-refractivity contribution in [2.75, 3.05) is 7.11 Å². The molecule has 1 N–H and O–H groups in total. The van der Waals surface area contributed by atoms with Gasteiger partial charge in [-0.2, -0.15) is 0 Å². The normalized spacial score (nSPS) is 13.6. The van der Waals surface area contributed by atoms with E-state index in [2.05, 4.69) is 4.98 Å². The molecule has 0 fully saturated rings. The van der Waals surface area contributed by atoms with E-state index in [1.807, 2.05) is 42.5 Å². The fourth-order valence-corrected chi connectivity index (χ4v) is 2.91. The Hall–Kier alpha value is -2.55. The molecule has 0 saturated carbocycles. The molecule has 0 radical (unpaired) electrons. The predicted octanol–water partition coefficient (Wildman–Crippen LogP) is 3.22. The maximum atomic E-state index is 12.6. The van der Waals surface area contributed by atoms with Crippen molar-refractivity contribution in [1.29, 1.82) is 0 Å². The van der Waals surface area contributed by atoms with Gasteiger partial charge in [-0.15, -0.1) is 0 Å². The third kappa shape index (κ3) is 1.43. The summed E-state index contributed by atoms with van der Waals surface area (Å²) in [4.78, 5) is 16.0. The van der Waals surface area contributed by atoms with Crippen molar-refractivity contribution in [1.82, 2.24) is 4.98 Å². The van der Waals surface area contributed by atoms with E-state index in [1.165, 1.54) is 0 Å². The number of allylic oxidation sites excluding steroid dienone is 1. The van der Waals surface area contributed by atoms with Crippen molar-refractivity contribution in [2.45, 2.75) is 6.42 Å². The largest absolute Gasteiger partial charge is 0.495 e. The second-order valence-electron chi connectivity index (χ2n) is 5.03. The molecule has 0 saturated heterocycles. The molecule has 0 amide bonds. The zero-order valence-corrected chi connectivity index (χ0v) is 11.1. The molecule has 20 heavy (non-hydrogen) atoms. The number of nitrogens with one attached hydrogen (secondary N) is 1. The number of hydrogen-bond donors (Lipinski definition) is 1. The molecule has 3 nitrogen and oxygen atoms in total. The van der Waals surface area contributed by atoms with Crippen molar-refractivity contribution in [3.05, 3.63) is 64.0 Å². The topological polar surface area (TPSA) is 42.1 Å². The Morgan fingerprint density at radius 3 is 2.65 bits per heavy atom. The highest BCUT2D eigenvalue weighted by Crippen LogP contribution is 2.27. The number of ether oxygens (including phenoxy) is 1. The Balaban J connectivity index is 2.13. The van der Waals surface area contributed by atoms with Crippen molar-refractivity contribution in [3.63, 3.8) is 0 Å². The van der Waals surface area contributed by atoms with Gasteiger partial charge in [-0.25, -0.2) is 0 Å². The van der Waals surface area contributed by atoms with E-state index < -0.39 is 0 Å². The molecule has 0 unspecified atom stereocenters. The SMILES string of the molecule is COC1=CCc2c1[nH]c1cc3ccccc3cc1c2=O. The van der Waals surface area contributed by atoms with E-state index in [0.717, 1.165) is 38.7 Å². The molecule has 0 spiro atoms. The van der Waals surface area contributed by atoms with E-state index in [1.54, 1.807) is 7.11 Å². The Morgan fingerprint density at radius 2 is 1.90 bits per heavy atom. The minimum Gasteiger partial charge on any atom is -0.495 e. The second-order valence-corrected chi connectivity index (χ2v) is 5.03. The molecule has 2 aromatic carbocycles. The summed E-state index contributed by atoms with van der Waals surface area (Å²) >= 11 is 0. The highest BCUT2D eigenvalue weighted by molar-refractivity contribution is 5.97. The van der Waals surface area contributed by atoms with Crippen LogP contribution in [-0.2, 0) is 11.2 Å². The standard InChI is InChI=1S/C17H13NO2/c1-20-15-7-6-12-16(15)18-14-9-11-5-3-2-4-10(11)8-13(14)17(12)19/h2-5,7-9H,6H2,1H3,(H,18,19). The molecule has 3 aromatic rings. The third-order valence-electron chi connectivity index (χ3n) is 3.92. The first kappa shape index (κ1) is 11.3. The van der Waals surface area contributed by atoms with Gasteiger partial charge in [0, 0.05) is 17.4 Å². The molecule has 0 bridgehead atoms. The van der Waals surface area contributed by atoms with E-state index in [0.29, 0.717) is 6.42 Å². The second kappa shape index (κ2) is 3.97. The number of methoxy groups -OCH3 is 1. The van der Waals surface area contributed by atoms with Gasteiger partial charge in [0.25, 0.3) is 0 Å². The monoisotopic (exact) mass is 263 g/mol. The van der Waals surface area contributed by atoms with Gasteiger partial charge in [0.15, 0.2) is 5.43 Å². The number of benzene rings is 2. The van der Waals surface area contributed by atoms with Gasteiger partial charge in [-0.3, -0.25) is 4.79 Å². The maximum absolute atomic E-state index is 12.6. The fraction of sp³-hybridized carbons (Fsp3) is 0.118. The van der Waals surface area contributed by atoms with Crippen LogP contribution in [0, 0.1) is 0 Å². The maximum Gasteiger partial charge on any atom is 0.193 e. The summed E-state index contributed by atoms with van der Waals surface area (Å²) in [5.74, 6) is 0.757. The first-order valence-electron chi connectivity index (χ1n) is 6.60. The number of H-pyrrole nitrogens is 1. The van der Waals surface area contributed by atoms with Crippen molar-refractivity contribution in [3.8, 4) is 0 Å². The van der Waals surface area contributed by atoms with Gasteiger partial charge in [0.2, 0.25) is 0 Å². The van der Waals surface area contributed by atoms with E-state index in [-0.39, 0.29) is 5.43 Å². The molecule has 98 valence electrons. The molecule has 3 heteroatoms. The van der Waals surface area contributed by atoms with E-state index in [4.69, 9.17) is 4.74 Å². The van der Waals surface area contributed by atoms with Gasteiger partial charge in [-0.1, -0.05) is 24.3 Å².